The summed E-state index contributed by atoms with van der Waals surface area (Å²) < 4.78 is 10.9. The van der Waals surface area contributed by atoms with Crippen LogP contribution in [0.1, 0.15) is 12.5 Å². The third kappa shape index (κ3) is 4.40. The van der Waals surface area contributed by atoms with Gasteiger partial charge in [-0.05, 0) is 30.2 Å². The molecule has 1 N–H and O–H groups in total. The predicted octanol–water partition coefficient (Wildman–Crippen LogP) is 4.40. The van der Waals surface area contributed by atoms with E-state index in [2.05, 4.69) is 17.2 Å². The van der Waals surface area contributed by atoms with Gasteiger partial charge in [0.05, 0.1) is 12.8 Å². The van der Waals surface area contributed by atoms with Crippen LogP contribution in [0.3, 0.4) is 0 Å². The molecule has 134 valence electrons. The number of methoxy groups -OCH3 is 1. The molecule has 1 amide bonds. The van der Waals surface area contributed by atoms with Crippen LogP contribution in [0, 0.1) is 0 Å². The number of aryl methyl sites for hydroxylation is 1. The predicted molar refractivity (Wildman–Crippen MR) is 104 cm³/mol. The zero-order valence-corrected chi connectivity index (χ0v) is 15.5. The second-order valence-electron chi connectivity index (χ2n) is 5.57. The highest BCUT2D eigenvalue weighted by atomic mass is 32.1. The van der Waals surface area contributed by atoms with Crippen molar-refractivity contribution in [1.29, 1.82) is 0 Å². The third-order valence-corrected chi connectivity index (χ3v) is 4.59. The lowest BCUT2D eigenvalue weighted by Crippen LogP contribution is -2.20. The number of hydrogen-bond donors (Lipinski definition) is 1. The van der Waals surface area contributed by atoms with Gasteiger partial charge in [-0.2, -0.15) is 0 Å². The van der Waals surface area contributed by atoms with E-state index in [0.717, 1.165) is 34.7 Å². The lowest BCUT2D eigenvalue weighted by Gasteiger charge is -2.09. The number of aromatic nitrogens is 1. The van der Waals surface area contributed by atoms with Crippen LogP contribution < -0.4 is 14.8 Å². The number of benzene rings is 2. The van der Waals surface area contributed by atoms with Crippen LogP contribution >= 0.6 is 11.3 Å². The van der Waals surface area contributed by atoms with Gasteiger partial charge in [0.1, 0.15) is 11.5 Å². The zero-order valence-electron chi connectivity index (χ0n) is 14.7. The molecule has 6 heteroatoms. The lowest BCUT2D eigenvalue weighted by atomic mass is 10.1. The average molecular weight is 368 g/mol. The monoisotopic (exact) mass is 368 g/mol. The Kier molecular flexibility index (Phi) is 5.86. The van der Waals surface area contributed by atoms with Gasteiger partial charge in [0, 0.05) is 10.9 Å². The van der Waals surface area contributed by atoms with Gasteiger partial charge in [-0.25, -0.2) is 4.98 Å². The van der Waals surface area contributed by atoms with Gasteiger partial charge in [-0.15, -0.1) is 11.3 Å². The fraction of sp³-hybridized carbons (Fsp3) is 0.200. The van der Waals surface area contributed by atoms with Crippen molar-refractivity contribution in [2.24, 2.45) is 0 Å². The molecule has 0 saturated carbocycles. The molecule has 0 aliphatic heterocycles. The molecule has 0 aliphatic rings. The van der Waals surface area contributed by atoms with E-state index in [9.17, 15) is 4.79 Å². The fourth-order valence-electron chi connectivity index (χ4n) is 2.48. The third-order valence-electron chi connectivity index (χ3n) is 3.83. The molecule has 0 bridgehead atoms. The van der Waals surface area contributed by atoms with Crippen molar-refractivity contribution in [2.45, 2.75) is 13.3 Å². The number of carbonyl (C=O) groups excluding carboxylic acids is 1. The summed E-state index contributed by atoms with van der Waals surface area (Å²) in [5.74, 6) is 1.27. The maximum Gasteiger partial charge on any atom is 0.264 e. The average Bonchev–Trinajstić information content (AvgIpc) is 3.15. The molecule has 2 aromatic carbocycles. The Morgan fingerprint density at radius 2 is 2.04 bits per heavy atom. The molecule has 0 atom stereocenters. The molecule has 0 aliphatic carbocycles. The van der Waals surface area contributed by atoms with E-state index in [1.165, 1.54) is 11.3 Å². The molecule has 1 heterocycles. The molecule has 3 rings (SSSR count). The summed E-state index contributed by atoms with van der Waals surface area (Å²) in [5.41, 5.74) is 2.81. The first-order chi connectivity index (χ1) is 12.7. The van der Waals surface area contributed by atoms with Crippen molar-refractivity contribution in [3.63, 3.8) is 0 Å². The molecular weight excluding hydrogens is 348 g/mol. The highest BCUT2D eigenvalue weighted by Gasteiger charge is 2.10. The van der Waals surface area contributed by atoms with Crippen LogP contribution in [0.4, 0.5) is 5.13 Å². The van der Waals surface area contributed by atoms with Crippen LogP contribution in [-0.2, 0) is 11.2 Å². The molecule has 0 saturated heterocycles. The van der Waals surface area contributed by atoms with Gasteiger partial charge in [0.25, 0.3) is 5.91 Å². The van der Waals surface area contributed by atoms with E-state index in [-0.39, 0.29) is 12.5 Å². The lowest BCUT2D eigenvalue weighted by molar-refractivity contribution is -0.118. The summed E-state index contributed by atoms with van der Waals surface area (Å²) in [6.07, 6.45) is 0.855. The number of anilines is 1. The van der Waals surface area contributed by atoms with E-state index >= 15 is 0 Å². The minimum atomic E-state index is -0.234. The molecule has 1 aromatic heterocycles. The van der Waals surface area contributed by atoms with Gasteiger partial charge in [-0.3, -0.25) is 10.1 Å². The van der Waals surface area contributed by atoms with Crippen LogP contribution in [0.5, 0.6) is 11.5 Å². The van der Waals surface area contributed by atoms with Gasteiger partial charge in [-0.1, -0.05) is 37.3 Å². The van der Waals surface area contributed by atoms with E-state index in [1.807, 2.05) is 53.9 Å². The number of nitrogens with zero attached hydrogens (tertiary/aromatic N) is 1. The van der Waals surface area contributed by atoms with Crippen molar-refractivity contribution >= 4 is 22.4 Å². The quantitative estimate of drug-likeness (QED) is 0.671. The van der Waals surface area contributed by atoms with Crippen LogP contribution in [0.2, 0.25) is 0 Å². The largest absolute Gasteiger partial charge is 0.497 e. The van der Waals surface area contributed by atoms with Crippen molar-refractivity contribution in [2.75, 3.05) is 19.0 Å². The smallest absolute Gasteiger partial charge is 0.264 e. The standard InChI is InChI=1S/C20H20N2O3S/c1-3-14-7-4-5-10-18(14)25-12-19(23)22-20-21-17(13-26-20)15-8-6-9-16(11-15)24-2/h4-11,13H,3,12H2,1-2H3,(H,21,22,23). The molecule has 3 aromatic rings. The van der Waals surface area contributed by atoms with E-state index in [1.54, 1.807) is 7.11 Å². The summed E-state index contributed by atoms with van der Waals surface area (Å²) in [7, 11) is 1.63. The maximum absolute atomic E-state index is 12.1. The zero-order chi connectivity index (χ0) is 18.4. The first-order valence-electron chi connectivity index (χ1n) is 8.30. The molecule has 0 fully saturated rings. The SMILES string of the molecule is CCc1ccccc1OCC(=O)Nc1nc(-c2cccc(OC)c2)cs1. The summed E-state index contributed by atoms with van der Waals surface area (Å²) in [4.78, 5) is 16.6. The Balaban J connectivity index is 1.61. The minimum absolute atomic E-state index is 0.0505. The summed E-state index contributed by atoms with van der Waals surface area (Å²) in [6.45, 7) is 2.00. The molecule has 5 nitrogen and oxygen atoms in total. The number of nitrogens with one attached hydrogen (secondary N) is 1. The molecule has 0 spiro atoms. The fourth-order valence-corrected chi connectivity index (χ4v) is 3.22. The van der Waals surface area contributed by atoms with Crippen molar-refractivity contribution in [3.8, 4) is 22.8 Å². The molecular formula is C20H20N2O3S. The summed E-state index contributed by atoms with van der Waals surface area (Å²) in [5, 5.41) is 5.22. The van der Waals surface area contributed by atoms with Crippen molar-refractivity contribution in [1.82, 2.24) is 4.98 Å². The van der Waals surface area contributed by atoms with Crippen molar-refractivity contribution in [3.05, 3.63) is 59.5 Å². The Bertz CT molecular complexity index is 892. The number of amides is 1. The molecule has 0 unspecified atom stereocenters. The summed E-state index contributed by atoms with van der Waals surface area (Å²) in [6, 6.07) is 15.4. The normalized spacial score (nSPS) is 10.4. The molecule has 0 radical (unpaired) electrons. The number of hydrogen-bond acceptors (Lipinski definition) is 5. The second-order valence-corrected chi connectivity index (χ2v) is 6.43. The van der Waals surface area contributed by atoms with Gasteiger partial charge >= 0.3 is 0 Å². The van der Waals surface area contributed by atoms with E-state index < -0.39 is 0 Å². The first kappa shape index (κ1) is 17.9. The Hall–Kier alpha value is -2.86. The number of rotatable bonds is 7. The number of ether oxygens (including phenoxy) is 2. The van der Waals surface area contributed by atoms with Gasteiger partial charge in [0.2, 0.25) is 0 Å². The number of thiazole rings is 1. The highest BCUT2D eigenvalue weighted by molar-refractivity contribution is 7.14. The van der Waals surface area contributed by atoms with Crippen LogP contribution in [-0.4, -0.2) is 24.6 Å². The number of para-hydroxylation sites is 1. The van der Waals surface area contributed by atoms with Crippen LogP contribution in [0.25, 0.3) is 11.3 Å². The van der Waals surface area contributed by atoms with Gasteiger partial charge in [0.15, 0.2) is 11.7 Å². The molecule has 26 heavy (non-hydrogen) atoms. The minimum Gasteiger partial charge on any atom is -0.497 e. The maximum atomic E-state index is 12.1. The topological polar surface area (TPSA) is 60.5 Å². The van der Waals surface area contributed by atoms with Gasteiger partial charge < -0.3 is 9.47 Å². The first-order valence-corrected chi connectivity index (χ1v) is 9.18. The Labute approximate surface area is 156 Å². The summed E-state index contributed by atoms with van der Waals surface area (Å²) >= 11 is 1.38. The second kappa shape index (κ2) is 8.49. The van der Waals surface area contributed by atoms with Crippen LogP contribution in [0.15, 0.2) is 53.9 Å². The highest BCUT2D eigenvalue weighted by Crippen LogP contribution is 2.27. The Morgan fingerprint density at radius 1 is 1.19 bits per heavy atom. The van der Waals surface area contributed by atoms with Crippen molar-refractivity contribution < 1.29 is 14.3 Å². The van der Waals surface area contributed by atoms with E-state index in [0.29, 0.717) is 5.13 Å². The number of carbonyl (C=O) groups is 1. The Morgan fingerprint density at radius 3 is 2.85 bits per heavy atom. The van der Waals surface area contributed by atoms with E-state index in [4.69, 9.17) is 9.47 Å².